The van der Waals surface area contributed by atoms with E-state index in [1.54, 1.807) is 0 Å². The fourth-order valence-corrected chi connectivity index (χ4v) is 1.28. The molecule has 1 rings (SSSR count). The lowest BCUT2D eigenvalue weighted by atomic mass is 9.94. The Morgan fingerprint density at radius 3 is 2.82 bits per heavy atom. The maximum absolute atomic E-state index is 11.2. The van der Waals surface area contributed by atoms with Gasteiger partial charge in [0.2, 0.25) is 0 Å². The zero-order chi connectivity index (χ0) is 8.10. The third-order valence-electron chi connectivity index (χ3n) is 1.94. The van der Waals surface area contributed by atoms with Crippen molar-refractivity contribution < 1.29 is 4.79 Å². The first-order chi connectivity index (χ1) is 5.34. The third-order valence-corrected chi connectivity index (χ3v) is 1.94. The predicted octanol–water partition coefficient (Wildman–Crippen LogP) is 1.62. The average Bonchev–Trinajstić information content (AvgIpc) is 2.03. The van der Waals surface area contributed by atoms with Crippen LogP contribution in [0, 0.1) is 0 Å². The lowest BCUT2D eigenvalue weighted by molar-refractivity contribution is -0.116. The van der Waals surface area contributed by atoms with Crippen molar-refractivity contribution in [2.45, 2.75) is 32.6 Å². The third kappa shape index (κ3) is 2.37. The molecule has 0 heterocycles. The van der Waals surface area contributed by atoms with Crippen LogP contribution in [-0.2, 0) is 4.79 Å². The van der Waals surface area contributed by atoms with Crippen molar-refractivity contribution in [3.8, 4) is 0 Å². The first-order valence-electron chi connectivity index (χ1n) is 4.30. The molecule has 0 aromatic rings. The largest absolute Gasteiger partial charge is 0.391 e. The second kappa shape index (κ2) is 4.16. The number of nitrogens with one attached hydrogen (secondary N) is 1. The quantitative estimate of drug-likeness (QED) is 0.611. The van der Waals surface area contributed by atoms with Crippen LogP contribution in [0.1, 0.15) is 32.6 Å². The first-order valence-corrected chi connectivity index (χ1v) is 4.30. The van der Waals surface area contributed by atoms with Gasteiger partial charge in [-0.05, 0) is 26.2 Å². The summed E-state index contributed by atoms with van der Waals surface area (Å²) in [6.07, 6.45) is 5.83. The molecular formula is C9H15NO. The maximum atomic E-state index is 11.2. The van der Waals surface area contributed by atoms with Gasteiger partial charge >= 0.3 is 0 Å². The number of carbonyl (C=O) groups is 1. The van der Waals surface area contributed by atoms with Gasteiger partial charge in [0.15, 0.2) is 5.78 Å². The van der Waals surface area contributed by atoms with Gasteiger partial charge in [0.05, 0.1) is 0 Å². The Balaban J connectivity index is 2.47. The monoisotopic (exact) mass is 153 g/mol. The SMILES string of the molecule is CCNC=C1CCCCC1=O. The fourth-order valence-electron chi connectivity index (χ4n) is 1.28. The van der Waals surface area contributed by atoms with E-state index in [4.69, 9.17) is 0 Å². The number of carbonyl (C=O) groups excluding carboxylic acids is 1. The van der Waals surface area contributed by atoms with Crippen molar-refractivity contribution in [1.82, 2.24) is 5.32 Å². The van der Waals surface area contributed by atoms with Gasteiger partial charge in [0, 0.05) is 24.7 Å². The highest BCUT2D eigenvalue weighted by atomic mass is 16.1. The van der Waals surface area contributed by atoms with Crippen LogP contribution in [0.25, 0.3) is 0 Å². The molecule has 1 fully saturated rings. The molecule has 2 heteroatoms. The van der Waals surface area contributed by atoms with E-state index in [0.29, 0.717) is 5.78 Å². The lowest BCUT2D eigenvalue weighted by Crippen LogP contribution is -2.13. The molecule has 11 heavy (non-hydrogen) atoms. The van der Waals surface area contributed by atoms with Gasteiger partial charge in [-0.3, -0.25) is 4.79 Å². The molecule has 0 bridgehead atoms. The molecule has 0 radical (unpaired) electrons. The lowest BCUT2D eigenvalue weighted by Gasteiger charge is -2.12. The molecule has 0 aliphatic heterocycles. The molecule has 0 amide bonds. The Kier molecular flexibility index (Phi) is 3.14. The highest BCUT2D eigenvalue weighted by Crippen LogP contribution is 2.18. The Bertz CT molecular complexity index is 172. The van der Waals surface area contributed by atoms with E-state index in [0.717, 1.165) is 31.4 Å². The molecule has 1 aliphatic carbocycles. The van der Waals surface area contributed by atoms with E-state index in [-0.39, 0.29) is 0 Å². The van der Waals surface area contributed by atoms with Gasteiger partial charge in [-0.15, -0.1) is 0 Å². The molecule has 1 N–H and O–H groups in total. The van der Waals surface area contributed by atoms with Crippen molar-refractivity contribution >= 4 is 5.78 Å². The molecular weight excluding hydrogens is 138 g/mol. The van der Waals surface area contributed by atoms with Crippen LogP contribution >= 0.6 is 0 Å². The summed E-state index contributed by atoms with van der Waals surface area (Å²) in [6.45, 7) is 2.93. The molecule has 0 aromatic carbocycles. The zero-order valence-corrected chi connectivity index (χ0v) is 7.02. The molecule has 1 aliphatic rings. The molecule has 0 saturated heterocycles. The molecule has 0 aromatic heterocycles. The highest BCUT2D eigenvalue weighted by Gasteiger charge is 2.13. The Morgan fingerprint density at radius 2 is 2.18 bits per heavy atom. The van der Waals surface area contributed by atoms with Gasteiger partial charge in [-0.2, -0.15) is 0 Å². The van der Waals surface area contributed by atoms with Crippen LogP contribution in [0.5, 0.6) is 0 Å². The Morgan fingerprint density at radius 1 is 1.45 bits per heavy atom. The van der Waals surface area contributed by atoms with Crippen LogP contribution in [0.4, 0.5) is 0 Å². The van der Waals surface area contributed by atoms with Crippen LogP contribution in [0.2, 0.25) is 0 Å². The standard InChI is InChI=1S/C9H15NO/c1-2-10-7-8-5-3-4-6-9(8)11/h7,10H,2-6H2,1H3. The van der Waals surface area contributed by atoms with E-state index in [1.807, 2.05) is 13.1 Å². The number of ketones is 1. The predicted molar refractivity (Wildman–Crippen MR) is 45.2 cm³/mol. The number of allylic oxidation sites excluding steroid dienone is 1. The second-order valence-electron chi connectivity index (χ2n) is 2.86. The zero-order valence-electron chi connectivity index (χ0n) is 7.02. The molecule has 0 spiro atoms. The molecule has 0 atom stereocenters. The Labute approximate surface area is 67.7 Å². The average molecular weight is 153 g/mol. The Hall–Kier alpha value is -0.790. The van der Waals surface area contributed by atoms with Gasteiger partial charge in [-0.1, -0.05) is 0 Å². The number of hydrogen-bond donors (Lipinski definition) is 1. The van der Waals surface area contributed by atoms with E-state index in [2.05, 4.69) is 5.32 Å². The van der Waals surface area contributed by atoms with Gasteiger partial charge in [0.25, 0.3) is 0 Å². The summed E-state index contributed by atoms with van der Waals surface area (Å²) in [5.74, 6) is 0.331. The van der Waals surface area contributed by atoms with E-state index >= 15 is 0 Å². The first kappa shape index (κ1) is 8.31. The smallest absolute Gasteiger partial charge is 0.160 e. The summed E-state index contributed by atoms with van der Waals surface area (Å²) in [5.41, 5.74) is 0.984. The molecule has 1 saturated carbocycles. The summed E-state index contributed by atoms with van der Waals surface area (Å²) >= 11 is 0. The molecule has 0 unspecified atom stereocenters. The van der Waals surface area contributed by atoms with Crippen LogP contribution < -0.4 is 5.32 Å². The van der Waals surface area contributed by atoms with Gasteiger partial charge in [0.1, 0.15) is 0 Å². The topological polar surface area (TPSA) is 29.1 Å². The number of rotatable bonds is 2. The van der Waals surface area contributed by atoms with E-state index in [9.17, 15) is 4.79 Å². The van der Waals surface area contributed by atoms with Crippen LogP contribution in [-0.4, -0.2) is 12.3 Å². The van der Waals surface area contributed by atoms with Crippen molar-refractivity contribution in [3.05, 3.63) is 11.8 Å². The maximum Gasteiger partial charge on any atom is 0.160 e. The summed E-state index contributed by atoms with van der Waals surface area (Å²) in [6, 6.07) is 0. The number of Topliss-reactive ketones (excluding diaryl/α,β-unsaturated/α-hetero) is 1. The minimum Gasteiger partial charge on any atom is -0.391 e. The van der Waals surface area contributed by atoms with Gasteiger partial charge < -0.3 is 5.32 Å². The normalized spacial score (nSPS) is 22.3. The van der Waals surface area contributed by atoms with E-state index < -0.39 is 0 Å². The van der Waals surface area contributed by atoms with Crippen LogP contribution in [0.3, 0.4) is 0 Å². The van der Waals surface area contributed by atoms with Crippen molar-refractivity contribution in [2.24, 2.45) is 0 Å². The molecule has 62 valence electrons. The minimum atomic E-state index is 0.331. The number of hydrogen-bond acceptors (Lipinski definition) is 2. The van der Waals surface area contributed by atoms with Crippen molar-refractivity contribution in [2.75, 3.05) is 6.54 Å². The minimum absolute atomic E-state index is 0.331. The van der Waals surface area contributed by atoms with Crippen molar-refractivity contribution in [1.29, 1.82) is 0 Å². The summed E-state index contributed by atoms with van der Waals surface area (Å²) < 4.78 is 0. The molecule has 2 nitrogen and oxygen atoms in total. The van der Waals surface area contributed by atoms with Crippen LogP contribution in [0.15, 0.2) is 11.8 Å². The summed E-state index contributed by atoms with van der Waals surface area (Å²) in [5, 5.41) is 3.07. The van der Waals surface area contributed by atoms with Crippen molar-refractivity contribution in [3.63, 3.8) is 0 Å². The van der Waals surface area contributed by atoms with E-state index in [1.165, 1.54) is 6.42 Å². The summed E-state index contributed by atoms with van der Waals surface area (Å²) in [4.78, 5) is 11.2. The van der Waals surface area contributed by atoms with Gasteiger partial charge in [-0.25, -0.2) is 0 Å². The summed E-state index contributed by atoms with van der Waals surface area (Å²) in [7, 11) is 0. The second-order valence-corrected chi connectivity index (χ2v) is 2.86. The highest BCUT2D eigenvalue weighted by molar-refractivity contribution is 5.95. The fraction of sp³-hybridized carbons (Fsp3) is 0.667.